The van der Waals surface area contributed by atoms with Gasteiger partial charge in [0.1, 0.15) is 4.90 Å². The number of benzene rings is 1. The van der Waals surface area contributed by atoms with Crippen molar-refractivity contribution in [3.63, 3.8) is 0 Å². The summed E-state index contributed by atoms with van der Waals surface area (Å²) in [6.45, 7) is 0. The van der Waals surface area contributed by atoms with Crippen molar-refractivity contribution in [1.29, 1.82) is 0 Å². The second-order valence-electron chi connectivity index (χ2n) is 5.02. The van der Waals surface area contributed by atoms with Crippen molar-refractivity contribution in [2.45, 2.75) is 10.5 Å². The highest BCUT2D eigenvalue weighted by Crippen LogP contribution is 2.24. The third-order valence-corrected chi connectivity index (χ3v) is 4.48. The van der Waals surface area contributed by atoms with Gasteiger partial charge in [0, 0.05) is 11.6 Å². The van der Waals surface area contributed by atoms with Gasteiger partial charge in [0.2, 0.25) is 5.95 Å². The van der Waals surface area contributed by atoms with Crippen LogP contribution in [0.2, 0.25) is 0 Å². The van der Waals surface area contributed by atoms with Gasteiger partial charge < -0.3 is 14.2 Å². The van der Waals surface area contributed by atoms with Gasteiger partial charge in [-0.1, -0.05) is 12.1 Å². The fourth-order valence-electron chi connectivity index (χ4n) is 1.92. The van der Waals surface area contributed by atoms with Crippen molar-refractivity contribution in [1.82, 2.24) is 19.7 Å². The molecule has 1 aromatic heterocycles. The van der Waals surface area contributed by atoms with Gasteiger partial charge in [0.25, 0.3) is 10.0 Å². The topological polar surface area (TPSA) is 159 Å². The molecule has 0 saturated carbocycles. The van der Waals surface area contributed by atoms with Crippen LogP contribution in [0, 0.1) is 0 Å². The van der Waals surface area contributed by atoms with Crippen molar-refractivity contribution >= 4 is 39.6 Å². The van der Waals surface area contributed by atoms with Gasteiger partial charge in [-0.3, -0.25) is 5.32 Å². The lowest BCUT2D eigenvalue weighted by Crippen LogP contribution is -2.35. The van der Waals surface area contributed by atoms with Crippen molar-refractivity contribution in [2.75, 3.05) is 19.5 Å². The number of aromatic nitrogens is 3. The highest BCUT2D eigenvalue weighted by Gasteiger charge is 2.30. The molecule has 0 fully saturated rings. The molecular weight excluding hydrogens is 456 g/mol. The summed E-state index contributed by atoms with van der Waals surface area (Å²) in [5, 5.41) is 1.88. The molecule has 1 aromatic carbocycles. The zero-order valence-corrected chi connectivity index (χ0v) is 16.6. The minimum absolute atomic E-state index is 0.331. The highest BCUT2D eigenvalue weighted by molar-refractivity contribution is 7.90. The Kier molecular flexibility index (Phi) is 6.88. The number of anilines is 1. The summed E-state index contributed by atoms with van der Waals surface area (Å²) in [6.07, 6.45) is 0. The zero-order valence-electron chi connectivity index (χ0n) is 15.1. The van der Waals surface area contributed by atoms with Crippen LogP contribution in [0.4, 0.5) is 19.5 Å². The maximum Gasteiger partial charge on any atom is 0.489 e. The number of ether oxygens (including phenoxy) is 3. The normalized spacial score (nSPS) is 11.4. The average molecular weight is 468 g/mol. The van der Waals surface area contributed by atoms with E-state index in [4.69, 9.17) is 0 Å². The Morgan fingerprint density at radius 3 is 2.33 bits per heavy atom. The van der Waals surface area contributed by atoms with Gasteiger partial charge >= 0.3 is 29.6 Å². The second-order valence-corrected chi connectivity index (χ2v) is 7.11. The van der Waals surface area contributed by atoms with E-state index in [1.54, 1.807) is 4.72 Å². The lowest BCUT2D eigenvalue weighted by Gasteiger charge is -2.12. The van der Waals surface area contributed by atoms with Crippen LogP contribution in [0.15, 0.2) is 29.2 Å². The van der Waals surface area contributed by atoms with E-state index in [1.165, 1.54) is 18.2 Å². The SMILES string of the molecule is COC(=O)c1ccccc1S(=O)(=O)NC(=O)Nc1nc(OC)nc(OC(F)(F)Cl)n1. The average Bonchev–Trinajstić information content (AvgIpc) is 2.65. The molecule has 2 aromatic rings. The standard InChI is InChI=1S/C14H12ClF2N5O7S/c1-27-9(23)7-5-3-4-6-8(7)30(25,26)22-11(24)18-10-19-12(28-2)21-13(20-10)29-14(15,16)17/h3-6H,1-2H3,(H2,18,19,20,21,22,24). The summed E-state index contributed by atoms with van der Waals surface area (Å²) in [4.78, 5) is 33.5. The second kappa shape index (κ2) is 9.00. The molecule has 2 rings (SSSR count). The number of hydrogen-bond donors (Lipinski definition) is 2. The monoisotopic (exact) mass is 467 g/mol. The molecule has 162 valence electrons. The first-order valence-electron chi connectivity index (χ1n) is 7.52. The number of nitrogens with one attached hydrogen (secondary N) is 2. The molecule has 0 aliphatic carbocycles. The molecule has 2 N–H and O–H groups in total. The summed E-state index contributed by atoms with van der Waals surface area (Å²) >= 11 is 4.62. The number of rotatable bonds is 7. The number of amides is 2. The van der Waals surface area contributed by atoms with E-state index in [1.807, 2.05) is 5.32 Å². The predicted molar refractivity (Wildman–Crippen MR) is 94.9 cm³/mol. The summed E-state index contributed by atoms with van der Waals surface area (Å²) in [7, 11) is -2.43. The Morgan fingerprint density at radius 2 is 1.73 bits per heavy atom. The van der Waals surface area contributed by atoms with E-state index in [0.29, 0.717) is 0 Å². The molecule has 16 heteroatoms. The summed E-state index contributed by atoms with van der Waals surface area (Å²) in [5.74, 6) is -1.66. The van der Waals surface area contributed by atoms with Crippen LogP contribution < -0.4 is 19.5 Å². The van der Waals surface area contributed by atoms with E-state index in [0.717, 1.165) is 20.3 Å². The molecule has 0 radical (unpaired) electrons. The molecule has 0 bridgehead atoms. The minimum Gasteiger partial charge on any atom is -0.467 e. The molecule has 2 amide bonds. The first kappa shape index (κ1) is 23.0. The number of nitrogens with zero attached hydrogens (tertiary/aromatic N) is 3. The van der Waals surface area contributed by atoms with Crippen LogP contribution in [0.25, 0.3) is 0 Å². The molecule has 1 heterocycles. The molecule has 0 saturated heterocycles. The molecule has 0 aliphatic heterocycles. The van der Waals surface area contributed by atoms with Gasteiger partial charge in [0.15, 0.2) is 0 Å². The maximum atomic E-state index is 12.8. The Morgan fingerprint density at radius 1 is 1.10 bits per heavy atom. The molecule has 0 unspecified atom stereocenters. The van der Waals surface area contributed by atoms with Crippen molar-refractivity contribution in [3.05, 3.63) is 29.8 Å². The van der Waals surface area contributed by atoms with E-state index in [-0.39, 0.29) is 5.56 Å². The molecule has 0 atom stereocenters. The molecule has 0 spiro atoms. The first-order valence-corrected chi connectivity index (χ1v) is 9.38. The largest absolute Gasteiger partial charge is 0.489 e. The van der Waals surface area contributed by atoms with E-state index in [9.17, 15) is 26.8 Å². The zero-order chi connectivity index (χ0) is 22.5. The molecule has 30 heavy (non-hydrogen) atoms. The van der Waals surface area contributed by atoms with E-state index < -0.39 is 50.5 Å². The van der Waals surface area contributed by atoms with Crippen LogP contribution in [0.3, 0.4) is 0 Å². The van der Waals surface area contributed by atoms with Gasteiger partial charge in [0.05, 0.1) is 19.8 Å². The number of alkyl halides is 3. The van der Waals surface area contributed by atoms with Crippen LogP contribution in [0.5, 0.6) is 12.0 Å². The third kappa shape index (κ3) is 6.08. The summed E-state index contributed by atoms with van der Waals surface area (Å²) in [5.41, 5.74) is -4.51. The summed E-state index contributed by atoms with van der Waals surface area (Å²) < 4.78 is 65.1. The Balaban J connectivity index is 2.25. The van der Waals surface area contributed by atoms with Gasteiger partial charge in [-0.2, -0.15) is 9.97 Å². The molecule has 12 nitrogen and oxygen atoms in total. The Bertz CT molecular complexity index is 1060. The van der Waals surface area contributed by atoms with E-state index >= 15 is 0 Å². The van der Waals surface area contributed by atoms with Crippen LogP contribution in [-0.4, -0.2) is 55.2 Å². The predicted octanol–water partition coefficient (Wildman–Crippen LogP) is 1.35. The fraction of sp³-hybridized carbons (Fsp3) is 0.214. The van der Waals surface area contributed by atoms with Gasteiger partial charge in [-0.15, -0.1) is 13.8 Å². The third-order valence-electron chi connectivity index (χ3n) is 3.02. The van der Waals surface area contributed by atoms with Crippen LogP contribution in [-0.2, 0) is 14.8 Å². The Labute approximate surface area is 172 Å². The van der Waals surface area contributed by atoms with Crippen LogP contribution in [0.1, 0.15) is 10.4 Å². The number of methoxy groups -OCH3 is 2. The number of sulfonamides is 1. The number of urea groups is 1. The first-order chi connectivity index (χ1) is 13.9. The lowest BCUT2D eigenvalue weighted by molar-refractivity contribution is -0.102. The number of halogens is 3. The van der Waals surface area contributed by atoms with E-state index in [2.05, 4.69) is 40.8 Å². The van der Waals surface area contributed by atoms with Gasteiger partial charge in [-0.25, -0.2) is 22.7 Å². The van der Waals surface area contributed by atoms with Crippen molar-refractivity contribution < 1.29 is 41.0 Å². The quantitative estimate of drug-likeness (QED) is 0.449. The summed E-state index contributed by atoms with van der Waals surface area (Å²) in [6, 6.07) is 1.97. The smallest absolute Gasteiger partial charge is 0.467 e. The van der Waals surface area contributed by atoms with Crippen LogP contribution >= 0.6 is 11.6 Å². The maximum absolute atomic E-state index is 12.8. The number of carbonyl (C=O) groups is 2. The molecular formula is C14H12ClF2N5O7S. The lowest BCUT2D eigenvalue weighted by atomic mass is 10.2. The minimum atomic E-state index is -4.56. The number of hydrogen-bond acceptors (Lipinski definition) is 10. The number of carbonyl (C=O) groups excluding carboxylic acids is 2. The van der Waals surface area contributed by atoms with Crippen molar-refractivity contribution in [2.24, 2.45) is 0 Å². The number of esters is 1. The van der Waals surface area contributed by atoms with Gasteiger partial charge in [-0.05, 0) is 12.1 Å². The fourth-order valence-corrected chi connectivity index (χ4v) is 3.09. The van der Waals surface area contributed by atoms with Crippen molar-refractivity contribution in [3.8, 4) is 12.0 Å². The molecule has 0 aliphatic rings. The Hall–Kier alpha value is -3.33. The highest BCUT2D eigenvalue weighted by atomic mass is 35.5.